The Labute approximate surface area is 49.0 Å². The Balaban J connectivity index is 2.04. The van der Waals surface area contributed by atoms with E-state index in [4.69, 9.17) is 0 Å². The number of nitrogens with zero attached hydrogens (tertiary/aromatic N) is 1. The highest BCUT2D eigenvalue weighted by Crippen LogP contribution is 2.03. The van der Waals surface area contributed by atoms with E-state index in [1.54, 1.807) is 0 Å². The van der Waals surface area contributed by atoms with Gasteiger partial charge in [-0.15, -0.1) is 0 Å². The predicted octanol–water partition coefficient (Wildman–Crippen LogP) is -1.22. The summed E-state index contributed by atoms with van der Waals surface area (Å²) in [5.41, 5.74) is 0. The molecule has 2 fully saturated rings. The second-order valence-corrected chi connectivity index (χ2v) is 2.35. The third-order valence-electron chi connectivity index (χ3n) is 1.84. The van der Waals surface area contributed by atoms with Gasteiger partial charge in [0.05, 0.1) is 0 Å². The van der Waals surface area contributed by atoms with Crippen molar-refractivity contribution in [1.82, 2.24) is 15.5 Å². The van der Waals surface area contributed by atoms with Gasteiger partial charge < -0.3 is 0 Å². The van der Waals surface area contributed by atoms with Crippen LogP contribution >= 0.6 is 0 Å². The molecule has 0 aromatic heterocycles. The molecule has 0 radical (unpaired) electrons. The molecular weight excluding hydrogens is 102 g/mol. The molecule has 2 aliphatic heterocycles. The molecule has 2 N–H and O–H groups in total. The van der Waals surface area contributed by atoms with Crippen molar-refractivity contribution in [2.24, 2.45) is 0 Å². The summed E-state index contributed by atoms with van der Waals surface area (Å²) in [5.74, 6) is 0. The molecule has 0 aromatic rings. The molecule has 2 saturated heterocycles. The van der Waals surface area contributed by atoms with Gasteiger partial charge in [0.15, 0.2) is 0 Å². The molecule has 0 unspecified atom stereocenters. The van der Waals surface area contributed by atoms with Gasteiger partial charge in [-0.05, 0) is 0 Å². The van der Waals surface area contributed by atoms with Crippen molar-refractivity contribution in [2.75, 3.05) is 26.2 Å². The lowest BCUT2D eigenvalue weighted by Crippen LogP contribution is -2.38. The van der Waals surface area contributed by atoms with E-state index in [1.165, 1.54) is 13.1 Å². The SMILES string of the molecule is C1CN2CCNC2N1. The Hall–Kier alpha value is -0.120. The van der Waals surface area contributed by atoms with Crippen molar-refractivity contribution in [3.05, 3.63) is 0 Å². The van der Waals surface area contributed by atoms with Crippen LogP contribution in [0.15, 0.2) is 0 Å². The minimum absolute atomic E-state index is 0.509. The number of hydrogen-bond donors (Lipinski definition) is 2. The van der Waals surface area contributed by atoms with Crippen molar-refractivity contribution in [3.63, 3.8) is 0 Å². The zero-order chi connectivity index (χ0) is 5.40. The third-order valence-corrected chi connectivity index (χ3v) is 1.84. The standard InChI is InChI=1S/C5H11N3/c1-3-8-4-2-7-5(8)6-1/h5-7H,1-4H2. The fraction of sp³-hybridized carbons (Fsp3) is 1.00. The van der Waals surface area contributed by atoms with Crippen LogP contribution in [0, 0.1) is 0 Å². The summed E-state index contributed by atoms with van der Waals surface area (Å²) < 4.78 is 0. The summed E-state index contributed by atoms with van der Waals surface area (Å²) in [7, 11) is 0. The summed E-state index contributed by atoms with van der Waals surface area (Å²) in [6.45, 7) is 4.74. The number of fused-ring (bicyclic) bond motifs is 1. The minimum atomic E-state index is 0.509. The highest BCUT2D eigenvalue weighted by atomic mass is 15.5. The first-order valence-corrected chi connectivity index (χ1v) is 3.18. The summed E-state index contributed by atoms with van der Waals surface area (Å²) >= 11 is 0. The predicted molar refractivity (Wildman–Crippen MR) is 31.4 cm³/mol. The molecule has 0 aromatic carbocycles. The minimum Gasteiger partial charge on any atom is -0.288 e. The van der Waals surface area contributed by atoms with Crippen LogP contribution in [0.3, 0.4) is 0 Å². The van der Waals surface area contributed by atoms with E-state index in [0.29, 0.717) is 6.29 Å². The van der Waals surface area contributed by atoms with Gasteiger partial charge in [-0.25, -0.2) is 0 Å². The first-order valence-electron chi connectivity index (χ1n) is 3.18. The topological polar surface area (TPSA) is 27.3 Å². The summed E-state index contributed by atoms with van der Waals surface area (Å²) in [5, 5.41) is 6.67. The lowest BCUT2D eigenvalue weighted by molar-refractivity contribution is 0.296. The number of hydrogen-bond acceptors (Lipinski definition) is 3. The van der Waals surface area contributed by atoms with Crippen molar-refractivity contribution in [3.8, 4) is 0 Å². The van der Waals surface area contributed by atoms with Crippen LogP contribution in [-0.2, 0) is 0 Å². The Bertz CT molecular complexity index is 73.7. The second-order valence-electron chi connectivity index (χ2n) is 2.35. The quantitative estimate of drug-likeness (QED) is 0.412. The van der Waals surface area contributed by atoms with Gasteiger partial charge in [0.1, 0.15) is 6.29 Å². The fourth-order valence-electron chi connectivity index (χ4n) is 1.39. The molecule has 2 aliphatic rings. The zero-order valence-electron chi connectivity index (χ0n) is 4.85. The molecule has 2 rings (SSSR count). The molecule has 0 spiro atoms. The van der Waals surface area contributed by atoms with E-state index in [9.17, 15) is 0 Å². The van der Waals surface area contributed by atoms with E-state index in [-0.39, 0.29) is 0 Å². The molecule has 2 heterocycles. The highest BCUT2D eigenvalue weighted by molar-refractivity contribution is 4.81. The fourth-order valence-corrected chi connectivity index (χ4v) is 1.39. The van der Waals surface area contributed by atoms with Crippen molar-refractivity contribution in [1.29, 1.82) is 0 Å². The molecule has 3 heteroatoms. The van der Waals surface area contributed by atoms with Crippen LogP contribution in [0.4, 0.5) is 0 Å². The van der Waals surface area contributed by atoms with Gasteiger partial charge >= 0.3 is 0 Å². The van der Waals surface area contributed by atoms with Crippen LogP contribution in [0.25, 0.3) is 0 Å². The maximum Gasteiger partial charge on any atom is 0.114 e. The lowest BCUT2D eigenvalue weighted by Gasteiger charge is -2.11. The van der Waals surface area contributed by atoms with Gasteiger partial charge in [-0.2, -0.15) is 0 Å². The van der Waals surface area contributed by atoms with Crippen molar-refractivity contribution >= 4 is 0 Å². The first-order chi connectivity index (χ1) is 3.97. The van der Waals surface area contributed by atoms with Crippen LogP contribution in [0.1, 0.15) is 0 Å². The maximum atomic E-state index is 3.33. The van der Waals surface area contributed by atoms with E-state index >= 15 is 0 Å². The smallest absolute Gasteiger partial charge is 0.114 e. The van der Waals surface area contributed by atoms with Crippen LogP contribution in [0.5, 0.6) is 0 Å². The van der Waals surface area contributed by atoms with E-state index in [2.05, 4.69) is 15.5 Å². The molecular formula is C5H11N3. The van der Waals surface area contributed by atoms with Crippen molar-refractivity contribution in [2.45, 2.75) is 6.29 Å². The van der Waals surface area contributed by atoms with Crippen LogP contribution in [0.2, 0.25) is 0 Å². The van der Waals surface area contributed by atoms with Gasteiger partial charge in [0.25, 0.3) is 0 Å². The molecule has 0 saturated carbocycles. The second kappa shape index (κ2) is 1.69. The lowest BCUT2D eigenvalue weighted by atomic mass is 10.6. The molecule has 8 heavy (non-hydrogen) atoms. The van der Waals surface area contributed by atoms with Gasteiger partial charge in [-0.1, -0.05) is 0 Å². The summed E-state index contributed by atoms with van der Waals surface area (Å²) in [6.07, 6.45) is 0.509. The molecule has 46 valence electrons. The Morgan fingerprint density at radius 1 is 1.12 bits per heavy atom. The van der Waals surface area contributed by atoms with Crippen molar-refractivity contribution < 1.29 is 0 Å². The van der Waals surface area contributed by atoms with Gasteiger partial charge in [0.2, 0.25) is 0 Å². The first kappa shape index (κ1) is 4.73. The number of nitrogens with one attached hydrogen (secondary N) is 2. The maximum absolute atomic E-state index is 3.33. The molecule has 0 amide bonds. The van der Waals surface area contributed by atoms with Crippen LogP contribution in [-0.4, -0.2) is 37.4 Å². The molecule has 0 bridgehead atoms. The van der Waals surface area contributed by atoms with E-state index in [1.807, 2.05) is 0 Å². The number of rotatable bonds is 0. The third kappa shape index (κ3) is 0.555. The Kier molecular flexibility index (Phi) is 0.997. The van der Waals surface area contributed by atoms with E-state index < -0.39 is 0 Å². The van der Waals surface area contributed by atoms with Crippen LogP contribution < -0.4 is 10.6 Å². The Morgan fingerprint density at radius 2 is 1.75 bits per heavy atom. The average Bonchev–Trinajstić information content (AvgIpc) is 2.15. The molecule has 3 nitrogen and oxygen atoms in total. The highest BCUT2D eigenvalue weighted by Gasteiger charge is 2.26. The van der Waals surface area contributed by atoms with E-state index in [0.717, 1.165) is 13.1 Å². The van der Waals surface area contributed by atoms with Gasteiger partial charge in [-0.3, -0.25) is 15.5 Å². The monoisotopic (exact) mass is 113 g/mol. The largest absolute Gasteiger partial charge is 0.288 e. The molecule has 0 aliphatic carbocycles. The summed E-state index contributed by atoms with van der Waals surface area (Å²) in [6, 6.07) is 0. The van der Waals surface area contributed by atoms with Gasteiger partial charge in [0, 0.05) is 26.2 Å². The molecule has 0 atom stereocenters. The normalized spacial score (nSPS) is 31.5. The average molecular weight is 113 g/mol. The zero-order valence-corrected chi connectivity index (χ0v) is 4.85. The Morgan fingerprint density at radius 3 is 2.25 bits per heavy atom. The summed E-state index contributed by atoms with van der Waals surface area (Å²) in [4.78, 5) is 2.42.